The number of carboxylic acids is 1. The quantitative estimate of drug-likeness (QED) is 0.697. The number of amides is 3. The van der Waals surface area contributed by atoms with Crippen molar-refractivity contribution in [3.63, 3.8) is 0 Å². The molecule has 30 heavy (non-hydrogen) atoms. The summed E-state index contributed by atoms with van der Waals surface area (Å²) in [6.07, 6.45) is 0. The van der Waals surface area contributed by atoms with Gasteiger partial charge in [0.25, 0.3) is 0 Å². The number of nitrogens with zero attached hydrogens (tertiary/aromatic N) is 3. The number of carboxylic acid groups (broad SMARTS) is 1. The van der Waals surface area contributed by atoms with Crippen LogP contribution in [0.15, 0.2) is 42.5 Å². The number of phenols is 1. The molecule has 1 aromatic heterocycles. The highest BCUT2D eigenvalue weighted by atomic mass is 16.4. The van der Waals surface area contributed by atoms with Crippen LogP contribution in [0.1, 0.15) is 33.1 Å². The predicted octanol–water partition coefficient (Wildman–Crippen LogP) is 2.58. The Morgan fingerprint density at radius 3 is 2.57 bits per heavy atom. The second-order valence-corrected chi connectivity index (χ2v) is 7.76. The van der Waals surface area contributed by atoms with Crippen LogP contribution in [0.2, 0.25) is 0 Å². The van der Waals surface area contributed by atoms with Gasteiger partial charge in [-0.25, -0.2) is 9.59 Å². The zero-order chi connectivity index (χ0) is 21.2. The molecule has 5 rings (SSSR count). The van der Waals surface area contributed by atoms with Crippen LogP contribution in [0.25, 0.3) is 10.9 Å². The van der Waals surface area contributed by atoms with Crippen molar-refractivity contribution < 1.29 is 24.6 Å². The van der Waals surface area contributed by atoms with Crippen molar-refractivity contribution in [3.05, 3.63) is 64.8 Å². The van der Waals surface area contributed by atoms with Gasteiger partial charge in [-0.2, -0.15) is 0 Å². The third-order valence-corrected chi connectivity index (χ3v) is 6.02. The molecule has 3 amide bonds. The standard InChI is InChI=1S/C22H19N3O5/c1-23-20(27)16-10-24(22(23)30)11-18-19(16)15-8-14(26)6-7-17(15)25(18)9-12-2-4-13(5-3-12)21(28)29/h2-8,16,26H,9-11H2,1H3,(H,28,29). The number of aromatic hydroxyl groups is 1. The van der Waals surface area contributed by atoms with Crippen molar-refractivity contribution in [2.75, 3.05) is 13.6 Å². The number of rotatable bonds is 3. The third-order valence-electron chi connectivity index (χ3n) is 6.02. The van der Waals surface area contributed by atoms with Gasteiger partial charge in [0.1, 0.15) is 5.75 Å². The van der Waals surface area contributed by atoms with Gasteiger partial charge < -0.3 is 19.7 Å². The molecule has 2 aromatic carbocycles. The van der Waals surface area contributed by atoms with Crippen molar-refractivity contribution in [2.45, 2.75) is 19.0 Å². The van der Waals surface area contributed by atoms with E-state index >= 15 is 0 Å². The first kappa shape index (κ1) is 18.2. The van der Waals surface area contributed by atoms with Gasteiger partial charge >= 0.3 is 12.0 Å². The number of urea groups is 1. The van der Waals surface area contributed by atoms with Crippen LogP contribution in [0.3, 0.4) is 0 Å². The molecule has 2 N–H and O–H groups in total. The first-order chi connectivity index (χ1) is 14.3. The van der Waals surface area contributed by atoms with Gasteiger partial charge in [0, 0.05) is 36.7 Å². The highest BCUT2D eigenvalue weighted by molar-refractivity contribution is 6.04. The average molecular weight is 405 g/mol. The molecule has 0 radical (unpaired) electrons. The summed E-state index contributed by atoms with van der Waals surface area (Å²) in [6, 6.07) is 11.4. The average Bonchev–Trinajstić information content (AvgIpc) is 3.03. The molecule has 2 aliphatic heterocycles. The van der Waals surface area contributed by atoms with E-state index in [4.69, 9.17) is 5.11 Å². The fourth-order valence-electron chi connectivity index (χ4n) is 4.54. The van der Waals surface area contributed by atoms with Crippen LogP contribution >= 0.6 is 0 Å². The van der Waals surface area contributed by atoms with Crippen molar-refractivity contribution in [1.82, 2.24) is 14.4 Å². The molecule has 1 atom stereocenters. The lowest BCUT2D eigenvalue weighted by molar-refractivity contribution is -0.132. The van der Waals surface area contributed by atoms with E-state index in [2.05, 4.69) is 0 Å². The van der Waals surface area contributed by atoms with E-state index in [0.717, 1.165) is 32.6 Å². The molecule has 0 saturated carbocycles. The van der Waals surface area contributed by atoms with Gasteiger partial charge in [-0.05, 0) is 41.5 Å². The third kappa shape index (κ3) is 2.57. The second-order valence-electron chi connectivity index (χ2n) is 7.76. The maximum absolute atomic E-state index is 12.9. The first-order valence-electron chi connectivity index (χ1n) is 9.58. The Bertz CT molecular complexity index is 1230. The molecule has 8 heteroatoms. The van der Waals surface area contributed by atoms with Crippen molar-refractivity contribution in [1.29, 1.82) is 0 Å². The van der Waals surface area contributed by atoms with Gasteiger partial charge in [-0.15, -0.1) is 0 Å². The Morgan fingerprint density at radius 2 is 1.87 bits per heavy atom. The lowest BCUT2D eigenvalue weighted by atomic mass is 9.89. The SMILES string of the molecule is CN1C(=O)C2CN(Cc3c2c2cc(O)ccc2n3Cc2ccc(C(=O)O)cc2)C1=O. The van der Waals surface area contributed by atoms with Crippen LogP contribution in [0, 0.1) is 0 Å². The van der Waals surface area contributed by atoms with Crippen LogP contribution in [0.4, 0.5) is 4.79 Å². The highest BCUT2D eigenvalue weighted by Gasteiger charge is 2.44. The predicted molar refractivity (Wildman–Crippen MR) is 107 cm³/mol. The van der Waals surface area contributed by atoms with Crippen LogP contribution in [0.5, 0.6) is 5.75 Å². The topological polar surface area (TPSA) is 103 Å². The van der Waals surface area contributed by atoms with Gasteiger partial charge in [0.15, 0.2) is 0 Å². The Balaban J connectivity index is 1.67. The van der Waals surface area contributed by atoms with Crippen LogP contribution in [-0.4, -0.2) is 56.1 Å². The molecule has 2 bridgehead atoms. The van der Waals surface area contributed by atoms with Gasteiger partial charge in [-0.3, -0.25) is 9.69 Å². The number of carbonyl (C=O) groups is 3. The molecule has 8 nitrogen and oxygen atoms in total. The Labute approximate surface area is 171 Å². The van der Waals surface area contributed by atoms with E-state index < -0.39 is 11.9 Å². The summed E-state index contributed by atoms with van der Waals surface area (Å²) < 4.78 is 2.05. The molecule has 1 saturated heterocycles. The number of aromatic nitrogens is 1. The minimum atomic E-state index is -0.984. The van der Waals surface area contributed by atoms with Crippen molar-refractivity contribution >= 4 is 28.8 Å². The largest absolute Gasteiger partial charge is 0.508 e. The number of likely N-dealkylation sites (N-methyl/N-ethyl adjacent to an activating group) is 1. The van der Waals surface area contributed by atoms with E-state index in [9.17, 15) is 19.5 Å². The van der Waals surface area contributed by atoms with E-state index in [1.165, 1.54) is 7.05 Å². The van der Waals surface area contributed by atoms with Crippen molar-refractivity contribution in [2.24, 2.45) is 0 Å². The molecule has 1 fully saturated rings. The zero-order valence-corrected chi connectivity index (χ0v) is 16.2. The molecule has 152 valence electrons. The summed E-state index contributed by atoms with van der Waals surface area (Å²) in [6.45, 7) is 1.15. The second kappa shape index (κ2) is 6.35. The van der Waals surface area contributed by atoms with E-state index in [1.54, 1.807) is 41.3 Å². The zero-order valence-electron chi connectivity index (χ0n) is 16.2. The lowest BCUT2D eigenvalue weighted by Crippen LogP contribution is -2.56. The Morgan fingerprint density at radius 1 is 1.13 bits per heavy atom. The van der Waals surface area contributed by atoms with Crippen LogP contribution < -0.4 is 0 Å². The molecule has 0 aliphatic carbocycles. The Kier molecular flexibility index (Phi) is 3.86. The molecule has 2 aliphatic rings. The molecule has 3 aromatic rings. The number of carbonyl (C=O) groups excluding carboxylic acids is 2. The minimum absolute atomic E-state index is 0.114. The monoisotopic (exact) mass is 405 g/mol. The number of phenolic OH excluding ortho intramolecular Hbond substituents is 1. The summed E-state index contributed by atoms with van der Waals surface area (Å²) in [5, 5.41) is 20.0. The number of hydrogen-bond donors (Lipinski definition) is 2. The Hall–Kier alpha value is -3.81. The maximum Gasteiger partial charge on any atom is 0.335 e. The summed E-state index contributed by atoms with van der Waals surface area (Å²) in [5.74, 6) is -1.59. The summed E-state index contributed by atoms with van der Waals surface area (Å²) >= 11 is 0. The summed E-state index contributed by atoms with van der Waals surface area (Å²) in [4.78, 5) is 39.3. The number of benzene rings is 2. The van der Waals surface area contributed by atoms with Gasteiger partial charge in [0.2, 0.25) is 5.91 Å². The summed E-state index contributed by atoms with van der Waals surface area (Å²) in [5.41, 5.74) is 3.68. The van der Waals surface area contributed by atoms with E-state index in [0.29, 0.717) is 19.6 Å². The van der Waals surface area contributed by atoms with E-state index in [-0.39, 0.29) is 23.3 Å². The van der Waals surface area contributed by atoms with Gasteiger partial charge in [-0.1, -0.05) is 12.1 Å². The molecule has 3 heterocycles. The summed E-state index contributed by atoms with van der Waals surface area (Å²) in [7, 11) is 1.50. The smallest absolute Gasteiger partial charge is 0.335 e. The lowest BCUT2D eigenvalue weighted by Gasteiger charge is -2.41. The minimum Gasteiger partial charge on any atom is -0.508 e. The number of aromatic carboxylic acids is 1. The highest BCUT2D eigenvalue weighted by Crippen LogP contribution is 2.41. The number of imide groups is 1. The van der Waals surface area contributed by atoms with Gasteiger partial charge in [0.05, 0.1) is 18.0 Å². The number of hydrogen-bond acceptors (Lipinski definition) is 4. The fraction of sp³-hybridized carbons (Fsp3) is 0.227. The fourth-order valence-corrected chi connectivity index (χ4v) is 4.54. The van der Waals surface area contributed by atoms with Crippen LogP contribution in [-0.2, 0) is 17.9 Å². The van der Waals surface area contributed by atoms with E-state index in [1.807, 2.05) is 10.6 Å². The molecule has 0 spiro atoms. The molecule has 1 unspecified atom stereocenters. The first-order valence-corrected chi connectivity index (χ1v) is 9.58. The molecular formula is C22H19N3O5. The van der Waals surface area contributed by atoms with Crippen molar-refractivity contribution in [3.8, 4) is 5.75 Å². The molecular weight excluding hydrogens is 386 g/mol. The maximum atomic E-state index is 12.9. The number of fused-ring (bicyclic) bond motifs is 6. The normalized spacial score (nSPS) is 18.1.